The van der Waals surface area contributed by atoms with Gasteiger partial charge in [-0.25, -0.2) is 0 Å². The van der Waals surface area contributed by atoms with Gasteiger partial charge in [0.1, 0.15) is 6.04 Å². The second-order valence-corrected chi connectivity index (χ2v) is 3.80. The summed E-state index contributed by atoms with van der Waals surface area (Å²) in [5, 5.41) is 0. The van der Waals surface area contributed by atoms with Crippen LogP contribution in [0.15, 0.2) is 18.2 Å². The summed E-state index contributed by atoms with van der Waals surface area (Å²) in [6.45, 7) is 4.67. The monoisotopic (exact) mass is 190 g/mol. The summed E-state index contributed by atoms with van der Waals surface area (Å²) in [4.78, 5) is 13.2. The average Bonchev–Trinajstić information content (AvgIpc) is 2.16. The third kappa shape index (κ3) is 1.21. The van der Waals surface area contributed by atoms with Gasteiger partial charge < -0.3 is 10.6 Å². The number of amides is 1. The summed E-state index contributed by atoms with van der Waals surface area (Å²) in [7, 11) is 0. The van der Waals surface area contributed by atoms with Crippen LogP contribution in [0.1, 0.15) is 11.1 Å². The Morgan fingerprint density at radius 1 is 1.36 bits per heavy atom. The molecule has 1 unspecified atom stereocenters. The third-order valence-electron chi connectivity index (χ3n) is 2.67. The molecule has 1 aromatic carbocycles. The van der Waals surface area contributed by atoms with Crippen LogP contribution < -0.4 is 10.6 Å². The predicted molar refractivity (Wildman–Crippen MR) is 56.2 cm³/mol. The van der Waals surface area contributed by atoms with Crippen LogP contribution in [0.3, 0.4) is 0 Å². The molecule has 2 rings (SSSR count). The van der Waals surface area contributed by atoms with Crippen LogP contribution in [0, 0.1) is 13.8 Å². The average molecular weight is 190 g/mol. The maximum absolute atomic E-state index is 11.5. The molecule has 0 spiro atoms. The van der Waals surface area contributed by atoms with Gasteiger partial charge in [-0.2, -0.15) is 0 Å². The number of benzene rings is 1. The topological polar surface area (TPSA) is 46.3 Å². The normalized spacial score (nSPS) is 20.9. The Morgan fingerprint density at radius 2 is 1.93 bits per heavy atom. The molecule has 0 aromatic heterocycles. The number of hydrogen-bond donors (Lipinski definition) is 1. The highest BCUT2D eigenvalue weighted by atomic mass is 16.2. The predicted octanol–water partition coefficient (Wildman–Crippen LogP) is 0.977. The van der Waals surface area contributed by atoms with Gasteiger partial charge in [-0.3, -0.25) is 4.79 Å². The van der Waals surface area contributed by atoms with Crippen molar-refractivity contribution < 1.29 is 4.79 Å². The van der Waals surface area contributed by atoms with Gasteiger partial charge in [0.15, 0.2) is 0 Å². The molecule has 2 N–H and O–H groups in total. The van der Waals surface area contributed by atoms with E-state index in [1.54, 1.807) is 4.90 Å². The van der Waals surface area contributed by atoms with E-state index in [1.165, 1.54) is 0 Å². The van der Waals surface area contributed by atoms with Crippen molar-refractivity contribution in [2.24, 2.45) is 5.73 Å². The SMILES string of the molecule is Cc1cccc(C)c1N1CC(N)C1=O. The van der Waals surface area contributed by atoms with Crippen LogP contribution in [0.25, 0.3) is 0 Å². The summed E-state index contributed by atoms with van der Waals surface area (Å²) < 4.78 is 0. The number of nitrogens with zero attached hydrogens (tertiary/aromatic N) is 1. The fourth-order valence-electron chi connectivity index (χ4n) is 1.89. The Hall–Kier alpha value is -1.35. The molecule has 1 aromatic rings. The van der Waals surface area contributed by atoms with Crippen LogP contribution in [0.5, 0.6) is 0 Å². The number of rotatable bonds is 1. The molecule has 0 radical (unpaired) electrons. The van der Waals surface area contributed by atoms with Gasteiger partial charge in [0.2, 0.25) is 5.91 Å². The van der Waals surface area contributed by atoms with E-state index in [4.69, 9.17) is 5.73 Å². The van der Waals surface area contributed by atoms with E-state index in [0.29, 0.717) is 6.54 Å². The minimum atomic E-state index is -0.297. The summed E-state index contributed by atoms with van der Waals surface area (Å²) in [6, 6.07) is 5.73. The van der Waals surface area contributed by atoms with E-state index >= 15 is 0 Å². The molecule has 1 fully saturated rings. The van der Waals surface area contributed by atoms with Crippen LogP contribution in [-0.2, 0) is 4.79 Å². The van der Waals surface area contributed by atoms with Crippen molar-refractivity contribution in [3.8, 4) is 0 Å². The quantitative estimate of drug-likeness (QED) is 0.671. The molecule has 1 aliphatic heterocycles. The first-order valence-electron chi connectivity index (χ1n) is 4.74. The minimum absolute atomic E-state index is 0.0300. The molecule has 1 atom stereocenters. The van der Waals surface area contributed by atoms with Crippen molar-refractivity contribution in [1.82, 2.24) is 0 Å². The van der Waals surface area contributed by atoms with Gasteiger partial charge in [-0.05, 0) is 25.0 Å². The Bertz CT molecular complexity index is 367. The Labute approximate surface area is 83.5 Å². The lowest BCUT2D eigenvalue weighted by molar-refractivity contribution is -0.123. The summed E-state index contributed by atoms with van der Waals surface area (Å²) in [5.41, 5.74) is 8.85. The third-order valence-corrected chi connectivity index (χ3v) is 2.67. The largest absolute Gasteiger partial charge is 0.318 e. The van der Waals surface area contributed by atoms with Gasteiger partial charge in [-0.1, -0.05) is 18.2 Å². The Morgan fingerprint density at radius 3 is 2.36 bits per heavy atom. The van der Waals surface area contributed by atoms with E-state index in [-0.39, 0.29) is 11.9 Å². The summed E-state index contributed by atoms with van der Waals surface area (Å²) in [5.74, 6) is 0.0300. The molecule has 1 heterocycles. The van der Waals surface area contributed by atoms with Crippen LogP contribution in [0.4, 0.5) is 5.69 Å². The van der Waals surface area contributed by atoms with Crippen molar-refractivity contribution in [2.45, 2.75) is 19.9 Å². The van der Waals surface area contributed by atoms with E-state index in [1.807, 2.05) is 32.0 Å². The molecule has 1 saturated heterocycles. The zero-order chi connectivity index (χ0) is 10.3. The highest BCUT2D eigenvalue weighted by molar-refractivity contribution is 6.04. The lowest BCUT2D eigenvalue weighted by Crippen LogP contribution is -2.61. The molecule has 0 saturated carbocycles. The number of hydrogen-bond acceptors (Lipinski definition) is 2. The van der Waals surface area contributed by atoms with Crippen LogP contribution >= 0.6 is 0 Å². The molecule has 3 heteroatoms. The van der Waals surface area contributed by atoms with Gasteiger partial charge >= 0.3 is 0 Å². The highest BCUT2D eigenvalue weighted by Gasteiger charge is 2.35. The summed E-state index contributed by atoms with van der Waals surface area (Å²) >= 11 is 0. The maximum atomic E-state index is 11.5. The first-order valence-corrected chi connectivity index (χ1v) is 4.74. The van der Waals surface area contributed by atoms with E-state index in [9.17, 15) is 4.79 Å². The molecule has 14 heavy (non-hydrogen) atoms. The van der Waals surface area contributed by atoms with Crippen LogP contribution in [-0.4, -0.2) is 18.5 Å². The zero-order valence-corrected chi connectivity index (χ0v) is 8.45. The fraction of sp³-hybridized carbons (Fsp3) is 0.364. The van der Waals surface area contributed by atoms with E-state index in [2.05, 4.69) is 0 Å². The lowest BCUT2D eigenvalue weighted by Gasteiger charge is -2.37. The van der Waals surface area contributed by atoms with Crippen molar-refractivity contribution in [1.29, 1.82) is 0 Å². The minimum Gasteiger partial charge on any atom is -0.318 e. The van der Waals surface area contributed by atoms with Gasteiger partial charge in [0, 0.05) is 5.69 Å². The number of aryl methyl sites for hydroxylation is 2. The molecule has 1 amide bonds. The molecule has 1 aliphatic rings. The second kappa shape index (κ2) is 3.10. The van der Waals surface area contributed by atoms with Crippen molar-refractivity contribution >= 4 is 11.6 Å². The standard InChI is InChI=1S/C11H14N2O/c1-7-4-3-5-8(2)10(7)13-6-9(12)11(13)14/h3-5,9H,6,12H2,1-2H3. The molecule has 74 valence electrons. The van der Waals surface area contributed by atoms with Crippen LogP contribution in [0.2, 0.25) is 0 Å². The Kier molecular flexibility index (Phi) is 2.04. The second-order valence-electron chi connectivity index (χ2n) is 3.80. The molecule has 0 bridgehead atoms. The van der Waals surface area contributed by atoms with Gasteiger partial charge in [-0.15, -0.1) is 0 Å². The summed E-state index contributed by atoms with van der Waals surface area (Å²) in [6.07, 6.45) is 0. The van der Waals surface area contributed by atoms with Gasteiger partial charge in [0.05, 0.1) is 6.54 Å². The van der Waals surface area contributed by atoms with E-state index in [0.717, 1.165) is 16.8 Å². The van der Waals surface area contributed by atoms with Crippen molar-refractivity contribution in [3.63, 3.8) is 0 Å². The first-order chi connectivity index (χ1) is 6.61. The molecule has 0 aliphatic carbocycles. The molecular weight excluding hydrogens is 176 g/mol. The highest BCUT2D eigenvalue weighted by Crippen LogP contribution is 2.28. The first kappa shape index (κ1) is 9.21. The molecule has 3 nitrogen and oxygen atoms in total. The van der Waals surface area contributed by atoms with Gasteiger partial charge in [0.25, 0.3) is 0 Å². The number of nitrogens with two attached hydrogens (primary N) is 1. The fourth-order valence-corrected chi connectivity index (χ4v) is 1.89. The number of β-lactam (4-membered cyclic amide) rings is 1. The van der Waals surface area contributed by atoms with Crippen molar-refractivity contribution in [3.05, 3.63) is 29.3 Å². The number of carbonyl (C=O) groups is 1. The Balaban J connectivity index is 2.38. The van der Waals surface area contributed by atoms with E-state index < -0.39 is 0 Å². The van der Waals surface area contributed by atoms with Crippen molar-refractivity contribution in [2.75, 3.05) is 11.4 Å². The smallest absolute Gasteiger partial charge is 0.245 e. The maximum Gasteiger partial charge on any atom is 0.245 e. The number of anilines is 1. The number of para-hydroxylation sites is 1. The molecular formula is C11H14N2O. The lowest BCUT2D eigenvalue weighted by atomic mass is 10.0. The number of carbonyl (C=O) groups excluding carboxylic acids is 1. The zero-order valence-electron chi connectivity index (χ0n) is 8.45.